The SMILES string of the molecule is CSCC[C@@H](N)C(=O)NCCc1ccc(C(=O)O)cc1. The van der Waals surface area contributed by atoms with E-state index in [1.165, 1.54) is 0 Å². The predicted molar refractivity (Wildman–Crippen MR) is 81.1 cm³/mol. The predicted octanol–water partition coefficient (Wildman–Crippen LogP) is 1.12. The Bertz CT molecular complexity index is 448. The molecule has 1 rings (SSSR count). The second kappa shape index (κ2) is 8.60. The topological polar surface area (TPSA) is 92.4 Å². The molecule has 0 saturated heterocycles. The Balaban J connectivity index is 2.33. The summed E-state index contributed by atoms with van der Waals surface area (Å²) in [6.45, 7) is 0.498. The Morgan fingerprint density at radius 1 is 1.35 bits per heavy atom. The number of benzene rings is 1. The zero-order valence-corrected chi connectivity index (χ0v) is 12.3. The number of hydrogen-bond acceptors (Lipinski definition) is 4. The average Bonchev–Trinajstić information content (AvgIpc) is 2.45. The first-order chi connectivity index (χ1) is 9.54. The van der Waals surface area contributed by atoms with Gasteiger partial charge >= 0.3 is 5.97 Å². The fourth-order valence-corrected chi connectivity index (χ4v) is 2.14. The van der Waals surface area contributed by atoms with Crippen molar-refractivity contribution in [3.05, 3.63) is 35.4 Å². The van der Waals surface area contributed by atoms with E-state index in [9.17, 15) is 9.59 Å². The van der Waals surface area contributed by atoms with Gasteiger partial charge in [0.15, 0.2) is 0 Å². The molecule has 0 aliphatic rings. The molecule has 0 radical (unpaired) electrons. The molecule has 1 aromatic rings. The number of amides is 1. The number of carbonyl (C=O) groups is 2. The van der Waals surface area contributed by atoms with Gasteiger partial charge in [-0.15, -0.1) is 0 Å². The van der Waals surface area contributed by atoms with Crippen molar-refractivity contribution in [1.29, 1.82) is 0 Å². The van der Waals surface area contributed by atoms with Gasteiger partial charge in [-0.3, -0.25) is 4.79 Å². The summed E-state index contributed by atoms with van der Waals surface area (Å²) < 4.78 is 0. The molecule has 1 amide bonds. The van der Waals surface area contributed by atoms with Crippen LogP contribution in [0.5, 0.6) is 0 Å². The van der Waals surface area contributed by atoms with Gasteiger partial charge in [-0.25, -0.2) is 4.79 Å². The van der Waals surface area contributed by atoms with E-state index >= 15 is 0 Å². The smallest absolute Gasteiger partial charge is 0.335 e. The molecule has 0 aliphatic heterocycles. The Kier molecular flexibility index (Phi) is 7.11. The van der Waals surface area contributed by atoms with Crippen LogP contribution in [-0.4, -0.2) is 41.6 Å². The summed E-state index contributed by atoms with van der Waals surface area (Å²) in [5, 5.41) is 11.6. The standard InChI is InChI=1S/C14H20N2O3S/c1-20-9-7-12(15)13(17)16-8-6-10-2-4-11(5-3-10)14(18)19/h2-5,12H,6-9,15H2,1H3,(H,16,17)(H,18,19)/t12-/m1/s1. The highest BCUT2D eigenvalue weighted by Gasteiger charge is 2.11. The highest BCUT2D eigenvalue weighted by atomic mass is 32.2. The number of carboxylic acid groups (broad SMARTS) is 1. The van der Waals surface area contributed by atoms with Crippen LogP contribution in [0, 0.1) is 0 Å². The van der Waals surface area contributed by atoms with Crippen LogP contribution >= 0.6 is 11.8 Å². The van der Waals surface area contributed by atoms with E-state index in [2.05, 4.69) is 5.32 Å². The van der Waals surface area contributed by atoms with Gasteiger partial charge in [0, 0.05) is 6.54 Å². The van der Waals surface area contributed by atoms with Gasteiger partial charge in [-0.2, -0.15) is 11.8 Å². The third-order valence-corrected chi connectivity index (χ3v) is 3.53. The molecule has 5 nitrogen and oxygen atoms in total. The van der Waals surface area contributed by atoms with Crippen molar-refractivity contribution in [2.24, 2.45) is 5.73 Å². The lowest BCUT2D eigenvalue weighted by molar-refractivity contribution is -0.122. The summed E-state index contributed by atoms with van der Waals surface area (Å²) in [4.78, 5) is 22.4. The molecule has 0 aliphatic carbocycles. The molecule has 1 atom stereocenters. The summed E-state index contributed by atoms with van der Waals surface area (Å²) in [6, 6.07) is 6.16. The molecular formula is C14H20N2O3S. The van der Waals surface area contributed by atoms with E-state index in [0.717, 1.165) is 11.3 Å². The van der Waals surface area contributed by atoms with Crippen molar-refractivity contribution >= 4 is 23.6 Å². The maximum Gasteiger partial charge on any atom is 0.335 e. The third-order valence-electron chi connectivity index (χ3n) is 2.88. The highest BCUT2D eigenvalue weighted by molar-refractivity contribution is 7.98. The fraction of sp³-hybridized carbons (Fsp3) is 0.429. The van der Waals surface area contributed by atoms with E-state index in [0.29, 0.717) is 19.4 Å². The molecule has 20 heavy (non-hydrogen) atoms. The number of thioether (sulfide) groups is 1. The molecule has 110 valence electrons. The van der Waals surface area contributed by atoms with Crippen LogP contribution in [0.4, 0.5) is 0 Å². The number of carbonyl (C=O) groups excluding carboxylic acids is 1. The van der Waals surface area contributed by atoms with Crippen molar-refractivity contribution in [3.63, 3.8) is 0 Å². The van der Waals surface area contributed by atoms with E-state index in [1.807, 2.05) is 6.26 Å². The van der Waals surface area contributed by atoms with Crippen LogP contribution < -0.4 is 11.1 Å². The van der Waals surface area contributed by atoms with Gasteiger partial charge < -0.3 is 16.2 Å². The van der Waals surface area contributed by atoms with Gasteiger partial charge in [-0.05, 0) is 42.5 Å². The number of nitrogens with two attached hydrogens (primary N) is 1. The minimum Gasteiger partial charge on any atom is -0.478 e. The number of nitrogens with one attached hydrogen (secondary N) is 1. The molecule has 0 unspecified atom stereocenters. The average molecular weight is 296 g/mol. The van der Waals surface area contributed by atoms with Crippen molar-refractivity contribution < 1.29 is 14.7 Å². The number of carboxylic acids is 1. The summed E-state index contributed by atoms with van der Waals surface area (Å²) >= 11 is 1.66. The molecule has 0 heterocycles. The summed E-state index contributed by atoms with van der Waals surface area (Å²) in [5.41, 5.74) is 6.99. The van der Waals surface area contributed by atoms with Crippen LogP contribution in [0.15, 0.2) is 24.3 Å². The largest absolute Gasteiger partial charge is 0.478 e. The first-order valence-electron chi connectivity index (χ1n) is 6.39. The Morgan fingerprint density at radius 2 is 2.00 bits per heavy atom. The first kappa shape index (κ1) is 16.5. The quantitative estimate of drug-likeness (QED) is 0.668. The summed E-state index contributed by atoms with van der Waals surface area (Å²) in [6.07, 6.45) is 3.30. The van der Waals surface area contributed by atoms with E-state index in [-0.39, 0.29) is 11.5 Å². The van der Waals surface area contributed by atoms with E-state index in [1.54, 1.807) is 36.0 Å². The van der Waals surface area contributed by atoms with Crippen LogP contribution in [-0.2, 0) is 11.2 Å². The number of rotatable bonds is 8. The van der Waals surface area contributed by atoms with Crippen LogP contribution in [0.2, 0.25) is 0 Å². The van der Waals surface area contributed by atoms with Crippen LogP contribution in [0.25, 0.3) is 0 Å². The molecule has 0 aromatic heterocycles. The Hall–Kier alpha value is -1.53. The van der Waals surface area contributed by atoms with Gasteiger partial charge in [0.2, 0.25) is 5.91 Å². The Morgan fingerprint density at radius 3 is 2.55 bits per heavy atom. The van der Waals surface area contributed by atoms with Crippen molar-refractivity contribution in [1.82, 2.24) is 5.32 Å². The molecule has 0 fully saturated rings. The maximum atomic E-state index is 11.7. The van der Waals surface area contributed by atoms with Gasteiger partial charge in [0.05, 0.1) is 11.6 Å². The van der Waals surface area contributed by atoms with Gasteiger partial charge in [0.25, 0.3) is 0 Å². The van der Waals surface area contributed by atoms with E-state index < -0.39 is 12.0 Å². The Labute approximate surface area is 122 Å². The fourth-order valence-electron chi connectivity index (χ4n) is 1.65. The lowest BCUT2D eigenvalue weighted by atomic mass is 10.1. The lowest BCUT2D eigenvalue weighted by Gasteiger charge is -2.11. The van der Waals surface area contributed by atoms with Gasteiger partial charge in [-0.1, -0.05) is 12.1 Å². The molecular weight excluding hydrogens is 276 g/mol. The molecule has 1 aromatic carbocycles. The molecule has 0 bridgehead atoms. The monoisotopic (exact) mass is 296 g/mol. The third kappa shape index (κ3) is 5.63. The highest BCUT2D eigenvalue weighted by Crippen LogP contribution is 2.05. The minimum absolute atomic E-state index is 0.138. The van der Waals surface area contributed by atoms with Crippen molar-refractivity contribution in [3.8, 4) is 0 Å². The molecule has 6 heteroatoms. The van der Waals surface area contributed by atoms with Crippen molar-refractivity contribution in [2.75, 3.05) is 18.6 Å². The van der Waals surface area contributed by atoms with Crippen LogP contribution in [0.3, 0.4) is 0 Å². The number of hydrogen-bond donors (Lipinski definition) is 3. The zero-order valence-electron chi connectivity index (χ0n) is 11.5. The van der Waals surface area contributed by atoms with Gasteiger partial charge in [0.1, 0.15) is 0 Å². The minimum atomic E-state index is -0.940. The maximum absolute atomic E-state index is 11.7. The van der Waals surface area contributed by atoms with Crippen LogP contribution in [0.1, 0.15) is 22.3 Å². The molecule has 4 N–H and O–H groups in total. The molecule has 0 spiro atoms. The zero-order chi connectivity index (χ0) is 15.0. The summed E-state index contributed by atoms with van der Waals surface area (Å²) in [7, 11) is 0. The number of aromatic carboxylic acids is 1. The lowest BCUT2D eigenvalue weighted by Crippen LogP contribution is -2.41. The second-order valence-corrected chi connectivity index (χ2v) is 5.42. The molecule has 0 saturated carbocycles. The second-order valence-electron chi connectivity index (χ2n) is 4.43. The normalized spacial score (nSPS) is 11.9. The first-order valence-corrected chi connectivity index (χ1v) is 7.78. The van der Waals surface area contributed by atoms with Crippen molar-refractivity contribution in [2.45, 2.75) is 18.9 Å². The van der Waals surface area contributed by atoms with E-state index in [4.69, 9.17) is 10.8 Å². The summed E-state index contributed by atoms with van der Waals surface area (Å²) in [5.74, 6) is -0.212.